The zero-order valence-corrected chi connectivity index (χ0v) is 21.1. The van der Waals surface area contributed by atoms with E-state index in [4.69, 9.17) is 9.47 Å². The fraction of sp³-hybridized carbons (Fsp3) is 0.545. The number of ether oxygens (including phenoxy) is 2. The van der Waals surface area contributed by atoms with Gasteiger partial charge in [-0.15, -0.1) is 24.0 Å². The van der Waals surface area contributed by atoms with E-state index in [9.17, 15) is 0 Å². The van der Waals surface area contributed by atoms with Gasteiger partial charge in [0.25, 0.3) is 0 Å². The molecule has 0 amide bonds. The summed E-state index contributed by atoms with van der Waals surface area (Å²) in [7, 11) is 1.91. The molecular formula is C22H36IN5O2. The van der Waals surface area contributed by atoms with Crippen molar-refractivity contribution in [2.75, 3.05) is 25.1 Å². The van der Waals surface area contributed by atoms with Gasteiger partial charge in [-0.25, -0.2) is 4.99 Å². The zero-order chi connectivity index (χ0) is 21.1. The molecule has 0 radical (unpaired) electrons. The van der Waals surface area contributed by atoms with Crippen LogP contribution in [0, 0.1) is 5.92 Å². The maximum atomic E-state index is 5.70. The van der Waals surface area contributed by atoms with Crippen LogP contribution >= 0.6 is 24.0 Å². The molecule has 0 spiro atoms. The molecule has 30 heavy (non-hydrogen) atoms. The number of hydrogen-bond donors (Lipinski definition) is 2. The largest absolute Gasteiger partial charge is 0.491 e. The summed E-state index contributed by atoms with van der Waals surface area (Å²) in [5.74, 6) is 2.15. The second kappa shape index (κ2) is 14.2. The number of anilines is 1. The van der Waals surface area contributed by atoms with Gasteiger partial charge in [0, 0.05) is 44.3 Å². The summed E-state index contributed by atoms with van der Waals surface area (Å²) >= 11 is 0. The van der Waals surface area contributed by atoms with Crippen molar-refractivity contribution in [3.05, 3.63) is 42.2 Å². The molecule has 7 nitrogen and oxygen atoms in total. The standard InChI is InChI=1S/C22H35N5O2.HI/c1-17(2)16-28-12-6-11-23-22(24-13-19-14-25-27(5)15-19)26-20-7-9-21(10-8-20)29-18(3)4;/h7-10,14-15,17-18H,6,11-13,16H2,1-5H3,(H2,23,24,26);1H. The van der Waals surface area contributed by atoms with Crippen molar-refractivity contribution in [2.24, 2.45) is 18.0 Å². The Hall–Kier alpha value is -1.81. The Morgan fingerprint density at radius 1 is 1.17 bits per heavy atom. The lowest BCUT2D eigenvalue weighted by molar-refractivity contribution is 0.108. The highest BCUT2D eigenvalue weighted by atomic mass is 127. The number of aliphatic imine (C=N–C) groups is 1. The van der Waals surface area contributed by atoms with E-state index in [0.717, 1.165) is 49.1 Å². The van der Waals surface area contributed by atoms with Crippen LogP contribution < -0.4 is 15.4 Å². The van der Waals surface area contributed by atoms with Crippen molar-refractivity contribution in [1.29, 1.82) is 0 Å². The van der Waals surface area contributed by atoms with Gasteiger partial charge in [0.2, 0.25) is 0 Å². The lowest BCUT2D eigenvalue weighted by Gasteiger charge is -2.14. The summed E-state index contributed by atoms with van der Waals surface area (Å²) in [4.78, 5) is 4.69. The molecule has 0 fully saturated rings. The Morgan fingerprint density at radius 2 is 1.90 bits per heavy atom. The van der Waals surface area contributed by atoms with Gasteiger partial charge in [-0.05, 0) is 50.5 Å². The molecule has 1 heterocycles. The molecule has 0 atom stereocenters. The summed E-state index contributed by atoms with van der Waals surface area (Å²) in [6.45, 7) is 11.2. The molecule has 0 aliphatic carbocycles. The van der Waals surface area contributed by atoms with Crippen LogP contribution in [0.4, 0.5) is 5.69 Å². The first-order valence-electron chi connectivity index (χ1n) is 10.3. The normalized spacial score (nSPS) is 11.5. The maximum absolute atomic E-state index is 5.70. The highest BCUT2D eigenvalue weighted by Gasteiger charge is 2.03. The van der Waals surface area contributed by atoms with Crippen LogP contribution in [0.15, 0.2) is 41.7 Å². The molecule has 168 valence electrons. The first-order valence-corrected chi connectivity index (χ1v) is 10.3. The van der Waals surface area contributed by atoms with E-state index >= 15 is 0 Å². The van der Waals surface area contributed by atoms with E-state index in [1.54, 1.807) is 4.68 Å². The second-order valence-electron chi connectivity index (χ2n) is 7.75. The highest BCUT2D eigenvalue weighted by molar-refractivity contribution is 14.0. The highest BCUT2D eigenvalue weighted by Crippen LogP contribution is 2.17. The number of aryl methyl sites for hydroxylation is 1. The van der Waals surface area contributed by atoms with Crippen molar-refractivity contribution in [3.63, 3.8) is 0 Å². The number of hydrogen-bond acceptors (Lipinski definition) is 4. The van der Waals surface area contributed by atoms with Crippen molar-refractivity contribution < 1.29 is 9.47 Å². The minimum absolute atomic E-state index is 0. The van der Waals surface area contributed by atoms with Crippen molar-refractivity contribution in [3.8, 4) is 5.75 Å². The van der Waals surface area contributed by atoms with Gasteiger partial charge in [0.1, 0.15) is 5.75 Å². The number of nitrogens with zero attached hydrogens (tertiary/aromatic N) is 3. The number of benzene rings is 1. The first-order chi connectivity index (χ1) is 13.9. The lowest BCUT2D eigenvalue weighted by Crippen LogP contribution is -2.32. The van der Waals surface area contributed by atoms with Crippen molar-refractivity contribution >= 4 is 35.6 Å². The van der Waals surface area contributed by atoms with Crippen LogP contribution in [0.5, 0.6) is 5.75 Å². The van der Waals surface area contributed by atoms with Gasteiger partial charge < -0.3 is 20.1 Å². The van der Waals surface area contributed by atoms with Gasteiger partial charge in [0.05, 0.1) is 18.8 Å². The quantitative estimate of drug-likeness (QED) is 0.195. The average molecular weight is 529 g/mol. The SMILES string of the molecule is CC(C)COCCCNC(=NCc1cnn(C)c1)Nc1ccc(OC(C)C)cc1.I. The number of nitrogens with one attached hydrogen (secondary N) is 2. The molecule has 2 N–H and O–H groups in total. The van der Waals surface area contributed by atoms with Gasteiger partial charge >= 0.3 is 0 Å². The summed E-state index contributed by atoms with van der Waals surface area (Å²) in [6, 6.07) is 7.90. The van der Waals surface area contributed by atoms with E-state index < -0.39 is 0 Å². The Kier molecular flexibility index (Phi) is 12.4. The fourth-order valence-corrected chi connectivity index (χ4v) is 2.59. The number of halogens is 1. The molecule has 2 aromatic rings. The minimum Gasteiger partial charge on any atom is -0.491 e. The Labute approximate surface area is 197 Å². The minimum atomic E-state index is 0. The fourth-order valence-electron chi connectivity index (χ4n) is 2.59. The molecule has 1 aromatic heterocycles. The van der Waals surface area contributed by atoms with E-state index in [1.165, 1.54) is 0 Å². The van der Waals surface area contributed by atoms with Gasteiger partial charge in [-0.2, -0.15) is 5.10 Å². The molecule has 1 aromatic carbocycles. The molecule has 0 aliphatic rings. The summed E-state index contributed by atoms with van der Waals surface area (Å²) < 4.78 is 13.1. The van der Waals surface area contributed by atoms with Crippen LogP contribution in [0.2, 0.25) is 0 Å². The third-order valence-corrected chi connectivity index (χ3v) is 3.88. The van der Waals surface area contributed by atoms with Crippen LogP contribution in [0.25, 0.3) is 0 Å². The van der Waals surface area contributed by atoms with E-state index in [-0.39, 0.29) is 30.1 Å². The predicted molar refractivity (Wildman–Crippen MR) is 134 cm³/mol. The number of aromatic nitrogens is 2. The van der Waals surface area contributed by atoms with Gasteiger partial charge in [-0.1, -0.05) is 13.8 Å². The third-order valence-electron chi connectivity index (χ3n) is 3.88. The Balaban J connectivity index is 0.00000450. The van der Waals surface area contributed by atoms with E-state index in [2.05, 4.69) is 34.6 Å². The van der Waals surface area contributed by atoms with Crippen LogP contribution in [0.3, 0.4) is 0 Å². The van der Waals surface area contributed by atoms with Crippen LogP contribution in [-0.4, -0.2) is 41.6 Å². The van der Waals surface area contributed by atoms with Crippen LogP contribution in [-0.2, 0) is 18.3 Å². The summed E-state index contributed by atoms with van der Waals surface area (Å²) in [5, 5.41) is 10.9. The van der Waals surface area contributed by atoms with E-state index in [0.29, 0.717) is 12.5 Å². The Bertz CT molecular complexity index is 744. The monoisotopic (exact) mass is 529 g/mol. The molecule has 0 saturated heterocycles. The first kappa shape index (κ1) is 26.2. The molecule has 2 rings (SSSR count). The van der Waals surface area contributed by atoms with Gasteiger partial charge in [-0.3, -0.25) is 4.68 Å². The molecule has 0 bridgehead atoms. The topological polar surface area (TPSA) is 72.7 Å². The molecule has 0 unspecified atom stereocenters. The lowest BCUT2D eigenvalue weighted by atomic mass is 10.2. The van der Waals surface area contributed by atoms with Gasteiger partial charge in [0.15, 0.2) is 5.96 Å². The summed E-state index contributed by atoms with van der Waals surface area (Å²) in [6.07, 6.45) is 4.88. The van der Waals surface area contributed by atoms with Crippen LogP contribution in [0.1, 0.15) is 39.7 Å². The second-order valence-corrected chi connectivity index (χ2v) is 7.75. The zero-order valence-electron chi connectivity index (χ0n) is 18.7. The maximum Gasteiger partial charge on any atom is 0.196 e. The molecular weight excluding hydrogens is 493 g/mol. The van der Waals surface area contributed by atoms with E-state index in [1.807, 2.05) is 57.6 Å². The third kappa shape index (κ3) is 10.8. The Morgan fingerprint density at radius 3 is 2.50 bits per heavy atom. The molecule has 0 saturated carbocycles. The van der Waals surface area contributed by atoms with Crippen molar-refractivity contribution in [1.82, 2.24) is 15.1 Å². The predicted octanol–water partition coefficient (Wildman–Crippen LogP) is 4.45. The molecule has 0 aliphatic heterocycles. The average Bonchev–Trinajstić information content (AvgIpc) is 3.08. The molecule has 8 heteroatoms. The van der Waals surface area contributed by atoms with Crippen molar-refractivity contribution in [2.45, 2.75) is 46.8 Å². The summed E-state index contributed by atoms with van der Waals surface area (Å²) in [5.41, 5.74) is 2.02. The smallest absolute Gasteiger partial charge is 0.196 e. The number of rotatable bonds is 11. The number of guanidine groups is 1.